The maximum atomic E-state index is 15.0. The van der Waals surface area contributed by atoms with Gasteiger partial charge in [0.05, 0.1) is 60.5 Å². The van der Waals surface area contributed by atoms with E-state index < -0.39 is 53.7 Å². The fourth-order valence-electron chi connectivity index (χ4n) is 11.4. The lowest BCUT2D eigenvalue weighted by atomic mass is 9.84. The zero-order chi connectivity index (χ0) is 48.4. The number of ether oxygens (including phenoxy) is 2. The van der Waals surface area contributed by atoms with Crippen molar-refractivity contribution in [2.24, 2.45) is 11.3 Å². The minimum Gasteiger partial charge on any atom is -0.464 e. The number of benzene rings is 1. The van der Waals surface area contributed by atoms with Gasteiger partial charge in [-0.3, -0.25) is 34.1 Å². The molecule has 8 heterocycles. The number of cyclic esters (lactones) is 1. The zero-order valence-corrected chi connectivity index (χ0v) is 40.5. The molecule has 3 amide bonds. The number of hydrogen-bond acceptors (Lipinski definition) is 12. The highest BCUT2D eigenvalue weighted by molar-refractivity contribution is 7.10. The van der Waals surface area contributed by atoms with E-state index in [1.165, 1.54) is 20.9 Å². The number of fused-ring (bicyclic) bond motifs is 6. The molecule has 4 atom stereocenters. The highest BCUT2D eigenvalue weighted by Gasteiger charge is 2.53. The molecule has 3 N–H and O–H groups in total. The van der Waals surface area contributed by atoms with Crippen molar-refractivity contribution >= 4 is 45.9 Å². The topological polar surface area (TPSA) is 173 Å². The Morgan fingerprint density at radius 1 is 1.04 bits per heavy atom. The Bertz CT molecular complexity index is 2620. The van der Waals surface area contributed by atoms with E-state index in [0.29, 0.717) is 108 Å². The van der Waals surface area contributed by atoms with E-state index in [-0.39, 0.29) is 49.1 Å². The summed E-state index contributed by atoms with van der Waals surface area (Å²) in [5.41, 5.74) is 5.88. The van der Waals surface area contributed by atoms with Crippen LogP contribution in [0.1, 0.15) is 88.4 Å². The number of esters is 1. The predicted octanol–water partition coefficient (Wildman–Crippen LogP) is 5.60. The molecular weight excluding hydrogens is 912 g/mol. The highest BCUT2D eigenvalue weighted by atomic mass is 32.1. The van der Waals surface area contributed by atoms with Gasteiger partial charge in [0.25, 0.3) is 5.91 Å². The summed E-state index contributed by atoms with van der Waals surface area (Å²) >= 11 is 1.34. The Morgan fingerprint density at radius 2 is 1.83 bits per heavy atom. The van der Waals surface area contributed by atoms with Gasteiger partial charge in [0, 0.05) is 71.6 Å². The first-order chi connectivity index (χ1) is 32.9. The lowest BCUT2D eigenvalue weighted by molar-refractivity contribution is -0.197. The molecule has 5 fully saturated rings. The first-order valence-electron chi connectivity index (χ1n) is 24.5. The Labute approximate surface area is 403 Å². The van der Waals surface area contributed by atoms with Gasteiger partial charge >= 0.3 is 12.1 Å². The third-order valence-corrected chi connectivity index (χ3v) is 15.6. The number of pyridine rings is 1. The average molecular weight is 974 g/mol. The lowest BCUT2D eigenvalue weighted by Crippen LogP contribution is -2.73. The Balaban J connectivity index is 1.01. The van der Waals surface area contributed by atoms with Crippen LogP contribution in [0.15, 0.2) is 41.9 Å². The van der Waals surface area contributed by atoms with Gasteiger partial charge in [-0.1, -0.05) is 46.6 Å². The van der Waals surface area contributed by atoms with E-state index in [0.717, 1.165) is 25.7 Å². The first kappa shape index (κ1) is 47.7. The molecule has 0 radical (unpaired) electrons. The van der Waals surface area contributed by atoms with E-state index in [1.807, 2.05) is 50.1 Å². The molecule has 370 valence electrons. The molecule has 6 bridgehead atoms. The summed E-state index contributed by atoms with van der Waals surface area (Å²) in [6, 6.07) is 6.39. The normalized spacial score (nSPS) is 24.8. The number of nitrogens with zero attached hydrogens (tertiary/aromatic N) is 6. The van der Waals surface area contributed by atoms with Crippen LogP contribution in [0.25, 0.3) is 33.4 Å². The van der Waals surface area contributed by atoms with Crippen LogP contribution in [0.2, 0.25) is 0 Å². The number of amides is 3. The number of hydrazine groups is 1. The zero-order valence-electron chi connectivity index (χ0n) is 39.7. The molecule has 19 heteroatoms. The molecule has 4 aromatic rings. The number of carbonyl (C=O) groups excluding carboxylic acids is 4. The van der Waals surface area contributed by atoms with Crippen molar-refractivity contribution in [3.8, 4) is 22.5 Å². The number of carbonyl (C=O) groups is 4. The molecule has 1 aromatic carbocycles. The Morgan fingerprint density at radius 3 is 2.57 bits per heavy atom. The highest BCUT2D eigenvalue weighted by Crippen LogP contribution is 2.43. The number of rotatable bonds is 8. The van der Waals surface area contributed by atoms with Crippen molar-refractivity contribution in [1.29, 1.82) is 0 Å². The Hall–Kier alpha value is -4.95. The summed E-state index contributed by atoms with van der Waals surface area (Å²) in [7, 11) is 0. The largest absolute Gasteiger partial charge is 0.464 e. The van der Waals surface area contributed by atoms with Gasteiger partial charge in [0.15, 0.2) is 0 Å². The quantitative estimate of drug-likeness (QED) is 0.148. The number of likely N-dealkylation sites (tertiary alicyclic amines) is 1. The third kappa shape index (κ3) is 9.90. The number of nitrogens with one attached hydrogen (secondary N) is 3. The number of alkyl halides is 3. The molecule has 69 heavy (non-hydrogen) atoms. The van der Waals surface area contributed by atoms with Crippen molar-refractivity contribution in [3.63, 3.8) is 0 Å². The lowest BCUT2D eigenvalue weighted by Gasteiger charge is -2.55. The van der Waals surface area contributed by atoms with Crippen LogP contribution in [0.4, 0.5) is 13.2 Å². The SMILES string of the molecule is CC(C)c1ncccc1-c1c2c3cc(ccc3n1CC(F)(F)F)-c1csc(n1)C[C@H](NC(=O)[C@H](C1CCCC1)N1CCOC3(CN(C(=O)[C@H]4CN4)C3)C1)C(=O)N1CCC[C@H](N1)C(=O)OCC(C)(C)C2. The van der Waals surface area contributed by atoms with Crippen molar-refractivity contribution in [1.82, 2.24) is 45.4 Å². The van der Waals surface area contributed by atoms with Crippen molar-refractivity contribution in [3.05, 3.63) is 58.2 Å². The van der Waals surface area contributed by atoms with Crippen LogP contribution in [0, 0.1) is 11.3 Å². The van der Waals surface area contributed by atoms with Gasteiger partial charge in [-0.15, -0.1) is 11.3 Å². The molecule has 15 nitrogen and oxygen atoms in total. The second-order valence-corrected chi connectivity index (χ2v) is 22.1. The maximum absolute atomic E-state index is 15.0. The van der Waals surface area contributed by atoms with Crippen LogP contribution < -0.4 is 16.1 Å². The molecule has 3 aromatic heterocycles. The van der Waals surface area contributed by atoms with Gasteiger partial charge in [0.1, 0.15) is 24.2 Å². The van der Waals surface area contributed by atoms with Gasteiger partial charge in [-0.2, -0.15) is 13.2 Å². The van der Waals surface area contributed by atoms with E-state index in [4.69, 9.17) is 14.5 Å². The van der Waals surface area contributed by atoms with Crippen LogP contribution in [0.3, 0.4) is 0 Å². The van der Waals surface area contributed by atoms with Crippen LogP contribution >= 0.6 is 11.3 Å². The fraction of sp³-hybridized carbons (Fsp3) is 0.600. The van der Waals surface area contributed by atoms with Crippen molar-refractivity contribution in [2.75, 3.05) is 52.5 Å². The molecule has 10 rings (SSSR count). The van der Waals surface area contributed by atoms with Crippen molar-refractivity contribution < 1.29 is 41.8 Å². The fourth-order valence-corrected chi connectivity index (χ4v) is 12.2. The van der Waals surface area contributed by atoms with E-state index in [9.17, 15) is 32.3 Å². The number of thiazole rings is 1. The Kier molecular flexibility index (Phi) is 12.9. The minimum atomic E-state index is -4.54. The third-order valence-electron chi connectivity index (χ3n) is 14.7. The molecule has 4 saturated heterocycles. The van der Waals surface area contributed by atoms with Gasteiger partial charge in [-0.25, -0.2) is 10.4 Å². The first-order valence-corrected chi connectivity index (χ1v) is 25.4. The maximum Gasteiger partial charge on any atom is 0.406 e. The second-order valence-electron chi connectivity index (χ2n) is 21.2. The molecule has 6 aliphatic rings. The summed E-state index contributed by atoms with van der Waals surface area (Å²) in [4.78, 5) is 70.3. The van der Waals surface area contributed by atoms with Crippen LogP contribution in [-0.4, -0.2) is 141 Å². The molecule has 0 unspecified atom stereocenters. The molecule has 1 saturated carbocycles. The molecule has 1 aliphatic carbocycles. The second kappa shape index (κ2) is 18.7. The van der Waals surface area contributed by atoms with Crippen LogP contribution in [0.5, 0.6) is 0 Å². The number of hydrogen-bond donors (Lipinski definition) is 3. The summed E-state index contributed by atoms with van der Waals surface area (Å²) < 4.78 is 57.7. The monoisotopic (exact) mass is 973 g/mol. The summed E-state index contributed by atoms with van der Waals surface area (Å²) in [5, 5.41) is 10.8. The summed E-state index contributed by atoms with van der Waals surface area (Å²) in [6.07, 6.45) is 2.11. The number of aromatic nitrogens is 3. The van der Waals surface area contributed by atoms with E-state index in [2.05, 4.69) is 25.9 Å². The van der Waals surface area contributed by atoms with Crippen LogP contribution in [-0.2, 0) is 48.0 Å². The smallest absolute Gasteiger partial charge is 0.406 e. The number of halogens is 3. The molecule has 1 spiro atoms. The van der Waals surface area contributed by atoms with Gasteiger partial charge in [0.2, 0.25) is 11.8 Å². The van der Waals surface area contributed by atoms with E-state index >= 15 is 0 Å². The summed E-state index contributed by atoms with van der Waals surface area (Å²) in [6.45, 7) is 9.89. The van der Waals surface area contributed by atoms with E-state index in [1.54, 1.807) is 24.4 Å². The predicted molar refractivity (Wildman–Crippen MR) is 253 cm³/mol. The molecule has 5 aliphatic heterocycles. The van der Waals surface area contributed by atoms with Crippen molar-refractivity contribution in [2.45, 2.75) is 127 Å². The average Bonchev–Trinajstić information content (AvgIpc) is 3.68. The van der Waals surface area contributed by atoms with Gasteiger partial charge in [-0.05, 0) is 73.8 Å². The number of morpholine rings is 1. The minimum absolute atomic E-state index is 0.0430. The standard InChI is InChI=1S/C50H62F3N9O6S/c1-29(2)41-32(11-7-15-54-41)43-34-21-48(3,4)28-67-47(66)35-12-8-16-62(58-35)46(65)36(20-40-56-38(23-69-40)31-13-14-39(33(34)19-31)61(43)27-50(51,52)53)57-44(63)42(30-9-5-6-10-30)59-17-18-68-49(24-59)25-60(26-49)45(64)37-22-55-37/h7,11,13-15,19,23,29-30,35-37,42,55,58H,5-6,8-10,12,16-18,20-22,24-28H2,1-4H3,(H,57,63)/t35-,36-,37+,42-/m0/s1. The summed E-state index contributed by atoms with van der Waals surface area (Å²) in [5.74, 6) is -1.15. The molecular formula is C50H62F3N9O6S. The van der Waals surface area contributed by atoms with Gasteiger partial charge < -0.3 is 29.6 Å².